The Hall–Kier alpha value is -2.60. The van der Waals surface area contributed by atoms with Crippen molar-refractivity contribution in [1.29, 1.82) is 0 Å². The van der Waals surface area contributed by atoms with E-state index in [0.29, 0.717) is 17.2 Å². The SMILES string of the molecule is CCS(=O)(=O)C[C@@H](C)NC(=O)c1ccc(/C(F)=C/C(c2cc(C)c(Cl)c(C)c2)C(F)(F)F)cc1C(F)(F)F. The van der Waals surface area contributed by atoms with Gasteiger partial charge in [0.15, 0.2) is 9.84 Å². The average Bonchev–Trinajstić information content (AvgIpc) is 2.78. The van der Waals surface area contributed by atoms with Crippen LogP contribution >= 0.6 is 11.6 Å². The van der Waals surface area contributed by atoms with Gasteiger partial charge in [-0.15, -0.1) is 0 Å². The van der Waals surface area contributed by atoms with E-state index in [9.17, 15) is 39.6 Å². The number of rotatable bonds is 8. The van der Waals surface area contributed by atoms with Crippen molar-refractivity contribution in [2.45, 2.75) is 52.0 Å². The zero-order chi connectivity index (χ0) is 29.2. The van der Waals surface area contributed by atoms with Gasteiger partial charge in [-0.05, 0) is 55.7 Å². The van der Waals surface area contributed by atoms with Gasteiger partial charge in [-0.3, -0.25) is 4.79 Å². The molecule has 2 rings (SSSR count). The summed E-state index contributed by atoms with van der Waals surface area (Å²) >= 11 is 6.00. The summed E-state index contributed by atoms with van der Waals surface area (Å²) in [4.78, 5) is 12.5. The van der Waals surface area contributed by atoms with E-state index in [2.05, 4.69) is 5.32 Å². The van der Waals surface area contributed by atoms with Gasteiger partial charge in [0.25, 0.3) is 5.91 Å². The second kappa shape index (κ2) is 11.6. The van der Waals surface area contributed by atoms with E-state index in [0.717, 1.165) is 18.2 Å². The molecule has 2 aromatic rings. The Balaban J connectivity index is 2.52. The highest BCUT2D eigenvalue weighted by atomic mass is 35.5. The molecule has 1 unspecified atom stereocenters. The van der Waals surface area contributed by atoms with Gasteiger partial charge in [0, 0.05) is 22.4 Å². The molecule has 38 heavy (non-hydrogen) atoms. The lowest BCUT2D eigenvalue weighted by molar-refractivity contribution is -0.140. The molecule has 0 fully saturated rings. The number of nitrogens with one attached hydrogen (secondary N) is 1. The van der Waals surface area contributed by atoms with E-state index in [-0.39, 0.29) is 28.5 Å². The van der Waals surface area contributed by atoms with Crippen molar-refractivity contribution >= 4 is 33.2 Å². The quantitative estimate of drug-likeness (QED) is 0.333. The molecule has 0 aliphatic carbocycles. The lowest BCUT2D eigenvalue weighted by Gasteiger charge is -2.20. The summed E-state index contributed by atoms with van der Waals surface area (Å²) < 4.78 is 121. The van der Waals surface area contributed by atoms with Crippen LogP contribution in [-0.2, 0) is 16.0 Å². The lowest BCUT2D eigenvalue weighted by Crippen LogP contribution is -2.38. The van der Waals surface area contributed by atoms with E-state index in [1.54, 1.807) is 0 Å². The molecule has 1 amide bonds. The number of carbonyl (C=O) groups is 1. The number of hydrogen-bond donors (Lipinski definition) is 1. The van der Waals surface area contributed by atoms with Crippen LogP contribution in [0, 0.1) is 13.8 Å². The zero-order valence-electron chi connectivity index (χ0n) is 20.7. The van der Waals surface area contributed by atoms with Crippen LogP contribution in [-0.4, -0.2) is 38.0 Å². The molecule has 0 aliphatic heterocycles. The number of sulfone groups is 1. The molecular weight excluding hydrogens is 563 g/mol. The van der Waals surface area contributed by atoms with Crippen LogP contribution in [0.15, 0.2) is 36.4 Å². The van der Waals surface area contributed by atoms with Crippen LogP contribution in [0.25, 0.3) is 5.83 Å². The summed E-state index contributed by atoms with van der Waals surface area (Å²) in [5.74, 6) is -6.11. The number of hydrogen-bond acceptors (Lipinski definition) is 3. The summed E-state index contributed by atoms with van der Waals surface area (Å²) in [5, 5.41) is 2.38. The molecule has 0 spiro atoms. The van der Waals surface area contributed by atoms with Crippen molar-refractivity contribution in [3.05, 3.63) is 74.8 Å². The molecular formula is C25H25ClF7NO3S. The largest absolute Gasteiger partial charge is 0.417 e. The van der Waals surface area contributed by atoms with Gasteiger partial charge in [0.2, 0.25) is 0 Å². The van der Waals surface area contributed by atoms with Crippen LogP contribution in [0.1, 0.15) is 57.9 Å². The van der Waals surface area contributed by atoms with Crippen LogP contribution in [0.4, 0.5) is 30.7 Å². The lowest BCUT2D eigenvalue weighted by atomic mass is 9.93. The molecule has 0 saturated carbocycles. The average molecular weight is 588 g/mol. The Morgan fingerprint density at radius 2 is 1.61 bits per heavy atom. The molecule has 0 radical (unpaired) electrons. The molecule has 0 aromatic heterocycles. The van der Waals surface area contributed by atoms with Crippen LogP contribution in [0.3, 0.4) is 0 Å². The Morgan fingerprint density at radius 3 is 2.08 bits per heavy atom. The first-order chi connectivity index (χ1) is 17.3. The maximum absolute atomic E-state index is 15.0. The maximum atomic E-state index is 15.0. The highest BCUT2D eigenvalue weighted by Crippen LogP contribution is 2.41. The van der Waals surface area contributed by atoms with Gasteiger partial charge < -0.3 is 5.32 Å². The standard InChI is InChI=1S/C25H25ClF7NO3S/c1-5-38(36,37)12-15(4)34-23(35)18-7-6-16(10-20(18)25(31,32)33)21(27)11-19(24(28,29)30)17-8-13(2)22(26)14(3)9-17/h6-11,15,19H,5,12H2,1-4H3,(H,34,35)/b21-11-/t15-,19?/m1/s1. The molecule has 0 bridgehead atoms. The Morgan fingerprint density at radius 1 is 1.05 bits per heavy atom. The molecule has 2 atom stereocenters. The van der Waals surface area contributed by atoms with Crippen molar-refractivity contribution in [1.82, 2.24) is 5.32 Å². The fourth-order valence-electron chi connectivity index (χ4n) is 3.75. The molecule has 0 saturated heterocycles. The maximum Gasteiger partial charge on any atom is 0.417 e. The molecule has 210 valence electrons. The monoisotopic (exact) mass is 587 g/mol. The van der Waals surface area contributed by atoms with Gasteiger partial charge >= 0.3 is 12.4 Å². The second-order valence-electron chi connectivity index (χ2n) is 8.83. The molecule has 0 heterocycles. The topological polar surface area (TPSA) is 63.2 Å². The first-order valence-electron chi connectivity index (χ1n) is 11.2. The number of benzene rings is 2. The fraction of sp³-hybridized carbons (Fsp3) is 0.400. The third-order valence-electron chi connectivity index (χ3n) is 5.65. The van der Waals surface area contributed by atoms with Gasteiger partial charge in [-0.2, -0.15) is 26.3 Å². The highest BCUT2D eigenvalue weighted by Gasteiger charge is 2.41. The minimum absolute atomic E-state index is 0.162. The third kappa shape index (κ3) is 7.95. The van der Waals surface area contributed by atoms with Crippen molar-refractivity contribution in [3.8, 4) is 0 Å². The van der Waals surface area contributed by atoms with Gasteiger partial charge in [0.05, 0.1) is 16.9 Å². The van der Waals surface area contributed by atoms with Crippen molar-refractivity contribution < 1.29 is 43.9 Å². The van der Waals surface area contributed by atoms with E-state index in [4.69, 9.17) is 11.6 Å². The number of aryl methyl sites for hydroxylation is 2. The van der Waals surface area contributed by atoms with Crippen molar-refractivity contribution in [3.63, 3.8) is 0 Å². The van der Waals surface area contributed by atoms with E-state index >= 15 is 4.39 Å². The van der Waals surface area contributed by atoms with Gasteiger partial charge in [0.1, 0.15) is 11.7 Å². The predicted octanol–water partition coefficient (Wildman–Crippen LogP) is 7.19. The van der Waals surface area contributed by atoms with Crippen LogP contribution in [0.5, 0.6) is 0 Å². The summed E-state index contributed by atoms with van der Waals surface area (Å²) in [5.41, 5.74) is -3.10. The molecule has 2 aromatic carbocycles. The summed E-state index contributed by atoms with van der Waals surface area (Å²) in [6.45, 7) is 5.58. The van der Waals surface area contributed by atoms with Crippen LogP contribution < -0.4 is 5.32 Å². The van der Waals surface area contributed by atoms with Gasteiger partial charge in [-0.25, -0.2) is 12.8 Å². The zero-order valence-corrected chi connectivity index (χ0v) is 22.3. The smallest absolute Gasteiger partial charge is 0.349 e. The number of carbonyl (C=O) groups excluding carboxylic acids is 1. The number of allylic oxidation sites excluding steroid dienone is 1. The highest BCUT2D eigenvalue weighted by molar-refractivity contribution is 7.91. The molecule has 0 aliphatic rings. The summed E-state index contributed by atoms with van der Waals surface area (Å²) in [6, 6.07) is 2.80. The first kappa shape index (κ1) is 31.6. The van der Waals surface area contributed by atoms with E-state index < -0.39 is 68.3 Å². The van der Waals surface area contributed by atoms with Gasteiger partial charge in [-0.1, -0.05) is 36.7 Å². The normalized spacial score (nSPS) is 14.8. The molecule has 1 N–H and O–H groups in total. The van der Waals surface area contributed by atoms with E-state index in [1.807, 2.05) is 0 Å². The number of amides is 1. The van der Waals surface area contributed by atoms with Crippen molar-refractivity contribution in [2.24, 2.45) is 0 Å². The Kier molecular flexibility index (Phi) is 9.69. The Labute approximate surface area is 220 Å². The second-order valence-corrected chi connectivity index (χ2v) is 11.6. The Bertz CT molecular complexity index is 1310. The first-order valence-corrected chi connectivity index (χ1v) is 13.4. The third-order valence-corrected chi connectivity index (χ3v) is 8.13. The number of halogens is 8. The fourth-order valence-corrected chi connectivity index (χ4v) is 4.94. The number of alkyl halides is 6. The summed E-state index contributed by atoms with van der Waals surface area (Å²) in [6.07, 6.45) is -9.99. The van der Waals surface area contributed by atoms with Crippen molar-refractivity contribution in [2.75, 3.05) is 11.5 Å². The minimum atomic E-state index is -5.17. The molecule has 13 heteroatoms. The predicted molar refractivity (Wildman–Crippen MR) is 132 cm³/mol. The summed E-state index contributed by atoms with van der Waals surface area (Å²) in [7, 11) is -3.55. The minimum Gasteiger partial charge on any atom is -0.349 e. The molecule has 4 nitrogen and oxygen atoms in total. The van der Waals surface area contributed by atoms with E-state index in [1.165, 1.54) is 27.7 Å². The van der Waals surface area contributed by atoms with Crippen LogP contribution in [0.2, 0.25) is 5.02 Å².